The molecule has 3 aromatic carbocycles. The molecule has 0 saturated carbocycles. The number of nitrogen functional groups attached to an aromatic ring is 1. The number of hydrogen-bond donors (Lipinski definition) is 2. The smallest absolute Gasteiger partial charge is 0.870 e. The van der Waals surface area contributed by atoms with Crippen LogP contribution >= 0.6 is 0 Å². The summed E-state index contributed by atoms with van der Waals surface area (Å²) in [5.41, 5.74) is 4.00. The Labute approximate surface area is 266 Å². The van der Waals surface area contributed by atoms with Gasteiger partial charge in [0.2, 0.25) is 0 Å². The molecule has 170 valence electrons. The first-order chi connectivity index (χ1) is 14.6. The molecule has 0 bridgehead atoms. The molecule has 0 unspecified atom stereocenters. The van der Waals surface area contributed by atoms with Crippen molar-refractivity contribution in [3.05, 3.63) is 42.5 Å². The second-order valence-electron chi connectivity index (χ2n) is 6.24. The largest absolute Gasteiger partial charge is 1.00 e. The Morgan fingerprint density at radius 2 is 1.37 bits per heavy atom. The fourth-order valence-corrected chi connectivity index (χ4v) is 4.43. The zero-order chi connectivity index (χ0) is 24.1. The van der Waals surface area contributed by atoms with Gasteiger partial charge in [0.15, 0.2) is 0 Å². The summed E-state index contributed by atoms with van der Waals surface area (Å²) in [6.45, 7) is 0. The van der Waals surface area contributed by atoms with Crippen LogP contribution in [0.2, 0.25) is 0 Å². The third kappa shape index (κ3) is 8.17. The Hall–Kier alpha value is -0.150. The topological polar surface area (TPSA) is 243 Å². The minimum absolute atomic E-state index is 0. The van der Waals surface area contributed by atoms with Crippen molar-refractivity contribution < 1.29 is 133 Å². The van der Waals surface area contributed by atoms with E-state index >= 15 is 0 Å². The molecule has 0 amide bonds. The Morgan fingerprint density at radius 3 is 1.89 bits per heavy atom. The van der Waals surface area contributed by atoms with Gasteiger partial charge in [-0.15, -0.1) is 5.11 Å². The first kappa shape index (κ1) is 34.9. The van der Waals surface area contributed by atoms with Gasteiger partial charge in [0.25, 0.3) is 10.1 Å². The normalized spacial score (nSPS) is 12.0. The summed E-state index contributed by atoms with van der Waals surface area (Å²) in [7, 11) is -15.0. The van der Waals surface area contributed by atoms with Gasteiger partial charge in [-0.1, -0.05) is 11.8 Å². The van der Waals surface area contributed by atoms with Gasteiger partial charge < -0.3 is 19.9 Å². The van der Waals surface area contributed by atoms with Crippen molar-refractivity contribution >= 4 is 58.2 Å². The molecule has 0 fully saturated rings. The van der Waals surface area contributed by atoms with Crippen LogP contribution in [0.5, 0.6) is 5.75 Å². The molecule has 3 N–H and O–H groups in total. The fraction of sp³-hybridized carbons (Fsp3) is 0. The molecule has 13 nitrogen and oxygen atoms in total. The van der Waals surface area contributed by atoms with Crippen molar-refractivity contribution in [3.8, 4) is 5.75 Å². The van der Waals surface area contributed by atoms with Crippen molar-refractivity contribution in [1.82, 2.24) is 0 Å². The van der Waals surface area contributed by atoms with E-state index in [0.717, 1.165) is 18.2 Å². The zero-order valence-electron chi connectivity index (χ0n) is 18.4. The van der Waals surface area contributed by atoms with E-state index in [1.807, 2.05) is 0 Å². The summed E-state index contributed by atoms with van der Waals surface area (Å²) in [6, 6.07) is 6.19. The van der Waals surface area contributed by atoms with Crippen molar-refractivity contribution in [3.63, 3.8) is 0 Å². The van der Waals surface area contributed by atoms with Crippen molar-refractivity contribution in [2.24, 2.45) is 10.2 Å². The average molecular weight is 569 g/mol. The molecular weight excluding hydrogens is 559 g/mol. The fourth-order valence-electron chi connectivity index (χ4n) is 2.72. The molecule has 0 aliphatic rings. The molecule has 0 aliphatic carbocycles. The summed E-state index contributed by atoms with van der Waals surface area (Å²) >= 11 is 0. The van der Waals surface area contributed by atoms with Crippen LogP contribution in [0.25, 0.3) is 10.8 Å². The Balaban J connectivity index is 0.00000385. The predicted octanol–water partition coefficient (Wildman–Crippen LogP) is -8.02. The standard InChI is InChI=1S/C16H13N3O10S3.3Na/c17-12-7-11(31(24,25)26)4-8-5-13(32(27,28)29)15(16(20)14(8)12)19-18-9-2-1-3-10(6-9)30(21,22)23;;;/h1-7,20H,17H2,(H,21,22,23)(H,24,25,26)(H,27,28,29);;;/q;3*+1/p-3. The van der Waals surface area contributed by atoms with Gasteiger partial charge in [-0.05, 0) is 47.2 Å². The van der Waals surface area contributed by atoms with E-state index in [0.29, 0.717) is 18.2 Å². The van der Waals surface area contributed by atoms with E-state index in [2.05, 4.69) is 10.2 Å². The molecule has 3 rings (SSSR count). The molecule has 0 heterocycles. The molecular formula is C16H10N3Na3O10S3. The molecule has 3 aromatic rings. The molecule has 19 heteroatoms. The molecule has 0 aliphatic heterocycles. The Morgan fingerprint density at radius 1 is 0.800 bits per heavy atom. The van der Waals surface area contributed by atoms with Gasteiger partial charge in [-0.3, -0.25) is 4.55 Å². The molecule has 0 atom stereocenters. The molecule has 0 aromatic heterocycles. The third-order valence-corrected chi connectivity index (χ3v) is 6.58. The van der Waals surface area contributed by atoms with Crippen LogP contribution in [0.15, 0.2) is 67.4 Å². The predicted molar refractivity (Wildman–Crippen MR) is 104 cm³/mol. The van der Waals surface area contributed by atoms with E-state index in [1.165, 1.54) is 6.07 Å². The molecule has 0 radical (unpaired) electrons. The van der Waals surface area contributed by atoms with Crippen LogP contribution in [-0.2, 0) is 30.4 Å². The first-order valence-electron chi connectivity index (χ1n) is 8.07. The van der Waals surface area contributed by atoms with Crippen molar-refractivity contribution in [2.75, 3.05) is 5.73 Å². The number of anilines is 1. The summed E-state index contributed by atoms with van der Waals surface area (Å²) in [5, 5.41) is 19.1. The third-order valence-electron chi connectivity index (χ3n) is 4.07. The summed E-state index contributed by atoms with van der Waals surface area (Å²) in [5.74, 6) is -1.18. The van der Waals surface area contributed by atoms with Crippen LogP contribution < -0.4 is 99.5 Å². The second kappa shape index (κ2) is 12.6. The van der Waals surface area contributed by atoms with Crippen LogP contribution in [-0.4, -0.2) is 38.9 Å². The van der Waals surface area contributed by atoms with Gasteiger partial charge in [0.05, 0.1) is 21.2 Å². The van der Waals surface area contributed by atoms with Gasteiger partial charge in [-0.2, -0.15) is 13.5 Å². The maximum atomic E-state index is 12.8. The zero-order valence-corrected chi connectivity index (χ0v) is 26.8. The van der Waals surface area contributed by atoms with E-state index in [1.54, 1.807) is 0 Å². The number of azo groups is 1. The summed E-state index contributed by atoms with van der Waals surface area (Å²) in [6.07, 6.45) is 0. The van der Waals surface area contributed by atoms with Crippen LogP contribution in [0, 0.1) is 0 Å². The maximum Gasteiger partial charge on any atom is 1.00 e. The number of hydrogen-bond acceptors (Lipinski definition) is 12. The van der Waals surface area contributed by atoms with Crippen LogP contribution in [0.3, 0.4) is 0 Å². The second-order valence-corrected chi connectivity index (χ2v) is 10.4. The number of nitrogens with zero attached hydrogens (tertiary/aromatic N) is 2. The summed E-state index contributed by atoms with van der Waals surface area (Å²) in [4.78, 5) is -2.58. The van der Waals surface area contributed by atoms with E-state index in [9.17, 15) is 44.0 Å². The minimum atomic E-state index is -5.11. The minimum Gasteiger partial charge on any atom is -0.870 e. The first-order valence-corrected chi connectivity index (χ1v) is 12.3. The molecule has 0 spiro atoms. The van der Waals surface area contributed by atoms with E-state index in [4.69, 9.17) is 5.73 Å². The number of rotatable bonds is 5. The van der Waals surface area contributed by atoms with Gasteiger partial charge in [0, 0.05) is 5.69 Å². The molecule has 35 heavy (non-hydrogen) atoms. The van der Waals surface area contributed by atoms with Crippen LogP contribution in [0.1, 0.15) is 0 Å². The van der Waals surface area contributed by atoms with E-state index < -0.39 is 67.6 Å². The maximum absolute atomic E-state index is 12.8. The average Bonchev–Trinajstić information content (AvgIpc) is 2.64. The SMILES string of the molecule is Nc1cc(S(=O)(=O)[O-])cc2cc(S(=O)(=O)O)c(N=Nc3cccc(S(=O)(=O)[O-])c3)c([O-])c12.[Na+].[Na+].[Na+]. The summed E-state index contributed by atoms with van der Waals surface area (Å²) < 4.78 is 100. The van der Waals surface area contributed by atoms with E-state index in [-0.39, 0.29) is 99.7 Å². The van der Waals surface area contributed by atoms with Crippen molar-refractivity contribution in [2.45, 2.75) is 14.7 Å². The van der Waals surface area contributed by atoms with Crippen molar-refractivity contribution in [1.29, 1.82) is 0 Å². The Bertz CT molecular complexity index is 1630. The van der Waals surface area contributed by atoms with Gasteiger partial charge in [-0.25, -0.2) is 16.8 Å². The monoisotopic (exact) mass is 569 g/mol. The number of nitrogens with two attached hydrogens (primary N) is 1. The number of benzene rings is 3. The quantitative estimate of drug-likeness (QED) is 0.126. The molecule has 0 saturated heterocycles. The van der Waals surface area contributed by atoms with Gasteiger partial charge >= 0.3 is 88.7 Å². The van der Waals surface area contributed by atoms with Crippen LogP contribution in [0.4, 0.5) is 17.1 Å². The van der Waals surface area contributed by atoms with Gasteiger partial charge in [0.1, 0.15) is 25.1 Å². The number of fused-ring (bicyclic) bond motifs is 1. The Kier molecular flexibility index (Phi) is 12.5.